The Morgan fingerprint density at radius 3 is 2.75 bits per heavy atom. The van der Waals surface area contributed by atoms with Gasteiger partial charge in [0.1, 0.15) is 5.82 Å². The van der Waals surface area contributed by atoms with Crippen molar-refractivity contribution in [3.63, 3.8) is 0 Å². The van der Waals surface area contributed by atoms with Crippen LogP contribution in [0.25, 0.3) is 17.1 Å². The van der Waals surface area contributed by atoms with Crippen molar-refractivity contribution in [2.45, 2.75) is 0 Å². The predicted octanol–water partition coefficient (Wildman–Crippen LogP) is 2.70. The summed E-state index contributed by atoms with van der Waals surface area (Å²) in [5.74, 6) is -0.217. The average Bonchev–Trinajstić information content (AvgIpc) is 2.91. The summed E-state index contributed by atoms with van der Waals surface area (Å²) in [4.78, 5) is 0. The SMILES string of the molecule is Nc1ccc(F)c(-c2nnnn2-c2ccccc2Cl)c1. The molecule has 0 amide bonds. The highest BCUT2D eigenvalue weighted by molar-refractivity contribution is 6.32. The zero-order valence-corrected chi connectivity index (χ0v) is 10.9. The molecule has 0 saturated heterocycles. The molecule has 7 heteroatoms. The Labute approximate surface area is 118 Å². The van der Waals surface area contributed by atoms with Gasteiger partial charge in [-0.25, -0.2) is 4.39 Å². The van der Waals surface area contributed by atoms with Crippen LogP contribution in [0.4, 0.5) is 10.1 Å². The molecule has 1 aromatic heterocycles. The van der Waals surface area contributed by atoms with Crippen LogP contribution >= 0.6 is 11.6 Å². The third-order valence-electron chi connectivity index (χ3n) is 2.78. The van der Waals surface area contributed by atoms with Crippen LogP contribution < -0.4 is 5.73 Å². The molecule has 2 aromatic carbocycles. The smallest absolute Gasteiger partial charge is 0.190 e. The van der Waals surface area contributed by atoms with Crippen molar-refractivity contribution in [1.29, 1.82) is 0 Å². The van der Waals surface area contributed by atoms with Crippen molar-refractivity contribution < 1.29 is 4.39 Å². The summed E-state index contributed by atoms with van der Waals surface area (Å²) in [6.45, 7) is 0. The fourth-order valence-electron chi connectivity index (χ4n) is 1.86. The quantitative estimate of drug-likeness (QED) is 0.736. The minimum atomic E-state index is -0.456. The number of hydrogen-bond acceptors (Lipinski definition) is 4. The Bertz CT molecular complexity index is 771. The molecule has 0 radical (unpaired) electrons. The summed E-state index contributed by atoms with van der Waals surface area (Å²) >= 11 is 6.11. The molecule has 0 bridgehead atoms. The Kier molecular flexibility index (Phi) is 3.08. The van der Waals surface area contributed by atoms with Crippen LogP contribution in [-0.4, -0.2) is 20.2 Å². The van der Waals surface area contributed by atoms with Gasteiger partial charge in [-0.2, -0.15) is 4.68 Å². The number of nitrogens with zero attached hydrogens (tertiary/aromatic N) is 4. The van der Waals surface area contributed by atoms with Crippen LogP contribution in [-0.2, 0) is 0 Å². The van der Waals surface area contributed by atoms with Crippen LogP contribution in [0.1, 0.15) is 0 Å². The lowest BCUT2D eigenvalue weighted by Crippen LogP contribution is -2.02. The number of halogens is 2. The van der Waals surface area contributed by atoms with Gasteiger partial charge in [0.05, 0.1) is 16.3 Å². The third-order valence-corrected chi connectivity index (χ3v) is 3.10. The first kappa shape index (κ1) is 12.6. The number of anilines is 1. The van der Waals surface area contributed by atoms with Crippen molar-refractivity contribution in [2.75, 3.05) is 5.73 Å². The lowest BCUT2D eigenvalue weighted by atomic mass is 10.1. The number of rotatable bonds is 2. The molecule has 0 saturated carbocycles. The molecule has 0 aliphatic rings. The van der Waals surface area contributed by atoms with Crippen molar-refractivity contribution in [2.24, 2.45) is 0 Å². The first-order valence-electron chi connectivity index (χ1n) is 5.75. The summed E-state index contributed by atoms with van der Waals surface area (Å²) < 4.78 is 15.3. The van der Waals surface area contributed by atoms with Gasteiger partial charge in [-0.15, -0.1) is 5.10 Å². The molecule has 20 heavy (non-hydrogen) atoms. The zero-order chi connectivity index (χ0) is 14.1. The summed E-state index contributed by atoms with van der Waals surface area (Å²) in [7, 11) is 0. The van der Waals surface area contributed by atoms with Crippen LogP contribution in [0.3, 0.4) is 0 Å². The van der Waals surface area contributed by atoms with E-state index in [1.54, 1.807) is 24.3 Å². The Hall–Kier alpha value is -2.47. The zero-order valence-electron chi connectivity index (χ0n) is 10.2. The summed E-state index contributed by atoms with van der Waals surface area (Å²) in [6, 6.07) is 11.3. The molecule has 0 aliphatic heterocycles. The van der Waals surface area contributed by atoms with Crippen LogP contribution in [0, 0.1) is 5.82 Å². The van der Waals surface area contributed by atoms with Gasteiger partial charge in [0.2, 0.25) is 0 Å². The van der Waals surface area contributed by atoms with Crippen molar-refractivity contribution in [3.05, 3.63) is 53.3 Å². The second-order valence-corrected chi connectivity index (χ2v) is 4.51. The van der Waals surface area contributed by atoms with E-state index in [1.165, 1.54) is 22.9 Å². The van der Waals surface area contributed by atoms with Gasteiger partial charge in [-0.1, -0.05) is 23.7 Å². The monoisotopic (exact) mass is 289 g/mol. The highest BCUT2D eigenvalue weighted by atomic mass is 35.5. The van der Waals surface area contributed by atoms with E-state index in [9.17, 15) is 4.39 Å². The third kappa shape index (κ3) is 2.10. The summed E-state index contributed by atoms with van der Waals surface area (Å²) in [5.41, 5.74) is 6.89. The number of tetrazole rings is 1. The van der Waals surface area contributed by atoms with Crippen molar-refractivity contribution in [1.82, 2.24) is 20.2 Å². The predicted molar refractivity (Wildman–Crippen MR) is 74.0 cm³/mol. The Morgan fingerprint density at radius 1 is 1.15 bits per heavy atom. The summed E-state index contributed by atoms with van der Waals surface area (Å²) in [6.07, 6.45) is 0. The highest BCUT2D eigenvalue weighted by Crippen LogP contribution is 2.27. The highest BCUT2D eigenvalue weighted by Gasteiger charge is 2.16. The van der Waals surface area contributed by atoms with Crippen LogP contribution in [0.15, 0.2) is 42.5 Å². The Morgan fingerprint density at radius 2 is 1.95 bits per heavy atom. The molecular weight excluding hydrogens is 281 g/mol. The van der Waals surface area contributed by atoms with E-state index in [1.807, 2.05) is 0 Å². The van der Waals surface area contributed by atoms with E-state index in [0.717, 1.165) is 0 Å². The van der Waals surface area contributed by atoms with E-state index in [-0.39, 0.29) is 11.4 Å². The second-order valence-electron chi connectivity index (χ2n) is 4.10. The summed E-state index contributed by atoms with van der Waals surface area (Å²) in [5, 5.41) is 11.8. The topological polar surface area (TPSA) is 69.6 Å². The number of hydrogen-bond donors (Lipinski definition) is 1. The van der Waals surface area contributed by atoms with Gasteiger partial charge in [-0.3, -0.25) is 0 Å². The number of benzene rings is 2. The van der Waals surface area contributed by atoms with Gasteiger partial charge in [0.25, 0.3) is 0 Å². The molecule has 2 N–H and O–H groups in total. The van der Waals surface area contributed by atoms with Gasteiger partial charge in [0.15, 0.2) is 5.82 Å². The van der Waals surface area contributed by atoms with Gasteiger partial charge in [0, 0.05) is 5.69 Å². The van der Waals surface area contributed by atoms with Crippen LogP contribution in [0.5, 0.6) is 0 Å². The largest absolute Gasteiger partial charge is 0.399 e. The fraction of sp³-hybridized carbons (Fsp3) is 0. The first-order valence-corrected chi connectivity index (χ1v) is 6.13. The molecule has 0 atom stereocenters. The maximum atomic E-state index is 13.9. The molecule has 1 heterocycles. The Balaban J connectivity index is 2.21. The molecule has 0 aliphatic carbocycles. The lowest BCUT2D eigenvalue weighted by Gasteiger charge is -2.07. The van der Waals surface area contributed by atoms with E-state index in [2.05, 4.69) is 15.5 Å². The number of nitrogens with two attached hydrogens (primary N) is 1. The van der Waals surface area contributed by atoms with Crippen LogP contribution in [0.2, 0.25) is 5.02 Å². The molecular formula is C13H9ClFN5. The normalized spacial score (nSPS) is 10.7. The lowest BCUT2D eigenvalue weighted by molar-refractivity contribution is 0.629. The number of aromatic nitrogens is 4. The van der Waals surface area contributed by atoms with E-state index in [4.69, 9.17) is 17.3 Å². The van der Waals surface area contributed by atoms with E-state index in [0.29, 0.717) is 16.4 Å². The standard InChI is InChI=1S/C13H9ClFN5/c14-10-3-1-2-4-12(10)20-13(17-18-19-20)9-7-8(16)5-6-11(9)15/h1-7H,16H2. The van der Waals surface area contributed by atoms with Gasteiger partial charge >= 0.3 is 0 Å². The van der Waals surface area contributed by atoms with E-state index < -0.39 is 5.82 Å². The molecule has 0 unspecified atom stereocenters. The first-order chi connectivity index (χ1) is 9.66. The van der Waals surface area contributed by atoms with Gasteiger partial charge < -0.3 is 5.73 Å². The van der Waals surface area contributed by atoms with Crippen molar-refractivity contribution in [3.8, 4) is 17.1 Å². The maximum Gasteiger partial charge on any atom is 0.190 e. The fourth-order valence-corrected chi connectivity index (χ4v) is 2.07. The minimum absolute atomic E-state index is 0.218. The molecule has 0 fully saturated rings. The average molecular weight is 290 g/mol. The number of nitrogen functional groups attached to an aromatic ring is 1. The maximum absolute atomic E-state index is 13.9. The molecule has 100 valence electrons. The second kappa shape index (κ2) is 4.90. The van der Waals surface area contributed by atoms with E-state index >= 15 is 0 Å². The minimum Gasteiger partial charge on any atom is -0.399 e. The molecule has 3 rings (SSSR count). The number of para-hydroxylation sites is 1. The molecule has 5 nitrogen and oxygen atoms in total. The van der Waals surface area contributed by atoms with Crippen molar-refractivity contribution >= 4 is 17.3 Å². The molecule has 0 spiro atoms. The molecule has 3 aromatic rings. The van der Waals surface area contributed by atoms with Gasteiger partial charge in [-0.05, 0) is 40.8 Å².